The summed E-state index contributed by atoms with van der Waals surface area (Å²) in [5.41, 5.74) is 6.50. The number of aromatic amines is 1. The van der Waals surface area contributed by atoms with Crippen molar-refractivity contribution in [1.29, 1.82) is 0 Å². The smallest absolute Gasteiger partial charge is 0.276 e. The minimum atomic E-state index is -0.336. The first kappa shape index (κ1) is 14.4. The van der Waals surface area contributed by atoms with E-state index in [4.69, 9.17) is 16.3 Å². The van der Waals surface area contributed by atoms with Gasteiger partial charge in [-0.15, -0.1) is 0 Å². The van der Waals surface area contributed by atoms with Crippen molar-refractivity contribution in [2.45, 2.75) is 25.3 Å². The van der Waals surface area contributed by atoms with Gasteiger partial charge in [0.05, 0.1) is 13.7 Å². The number of rotatable bonds is 5. The maximum atomic E-state index is 11.9. The molecule has 0 amide bonds. The summed E-state index contributed by atoms with van der Waals surface area (Å²) in [6.45, 7) is 0.398. The Bertz CT molecular complexity index is 722. The van der Waals surface area contributed by atoms with Crippen molar-refractivity contribution in [2.24, 2.45) is 5.84 Å². The largest absolute Gasteiger partial charge is 0.497 e. The molecule has 22 heavy (non-hydrogen) atoms. The molecule has 0 radical (unpaired) electrons. The molecule has 1 aromatic carbocycles. The van der Waals surface area contributed by atoms with Crippen LogP contribution in [0.4, 0.5) is 11.5 Å². The van der Waals surface area contributed by atoms with Gasteiger partial charge in [-0.25, -0.2) is 10.8 Å². The van der Waals surface area contributed by atoms with Gasteiger partial charge in [0, 0.05) is 5.92 Å². The molecule has 1 heterocycles. The average molecular weight is 301 g/mol. The van der Waals surface area contributed by atoms with Gasteiger partial charge in [-0.3, -0.25) is 9.80 Å². The minimum Gasteiger partial charge on any atom is -0.497 e. The van der Waals surface area contributed by atoms with Crippen molar-refractivity contribution in [3.8, 4) is 5.75 Å². The third kappa shape index (κ3) is 2.89. The van der Waals surface area contributed by atoms with Crippen molar-refractivity contribution in [3.05, 3.63) is 46.0 Å². The fraction of sp³-hybridized carbons (Fsp3) is 0.333. The number of benzene rings is 1. The van der Waals surface area contributed by atoms with Gasteiger partial charge in [0.1, 0.15) is 17.3 Å². The van der Waals surface area contributed by atoms with Crippen LogP contribution < -0.4 is 26.9 Å². The number of anilines is 2. The number of aromatic nitrogens is 2. The molecule has 3 rings (SSSR count). The lowest BCUT2D eigenvalue weighted by Crippen LogP contribution is -2.34. The van der Waals surface area contributed by atoms with Crippen molar-refractivity contribution in [2.75, 3.05) is 17.9 Å². The number of nitrogens with zero attached hydrogens (tertiary/aromatic N) is 2. The minimum absolute atomic E-state index is 0.0420. The van der Waals surface area contributed by atoms with Crippen LogP contribution in [0, 0.1) is 0 Å². The zero-order valence-electron chi connectivity index (χ0n) is 12.4. The summed E-state index contributed by atoms with van der Waals surface area (Å²) in [6, 6.07) is 7.52. The van der Waals surface area contributed by atoms with Crippen molar-refractivity contribution >= 4 is 11.5 Å². The second-order valence-corrected chi connectivity index (χ2v) is 5.44. The van der Waals surface area contributed by atoms with E-state index in [1.807, 2.05) is 24.3 Å². The summed E-state index contributed by atoms with van der Waals surface area (Å²) in [7, 11) is 1.62. The molecule has 5 N–H and O–H groups in total. The Morgan fingerprint density at radius 1 is 1.36 bits per heavy atom. The van der Waals surface area contributed by atoms with Crippen molar-refractivity contribution in [3.63, 3.8) is 0 Å². The summed E-state index contributed by atoms with van der Waals surface area (Å²) >= 11 is 0. The van der Waals surface area contributed by atoms with Crippen LogP contribution in [-0.2, 0) is 6.54 Å². The fourth-order valence-corrected chi connectivity index (χ4v) is 2.26. The molecule has 0 atom stereocenters. The predicted octanol–water partition coefficient (Wildman–Crippen LogP) is 1.12. The number of hydrazine groups is 1. The number of nitrogen functional groups attached to an aromatic ring is 1. The molecule has 116 valence electrons. The number of hydrogen-bond acceptors (Lipinski definition) is 6. The van der Waals surface area contributed by atoms with Crippen molar-refractivity contribution in [1.82, 2.24) is 9.97 Å². The lowest BCUT2D eigenvalue weighted by molar-refractivity contribution is 0.414. The molecule has 1 aliphatic rings. The van der Waals surface area contributed by atoms with E-state index in [-0.39, 0.29) is 11.2 Å². The van der Waals surface area contributed by atoms with E-state index in [1.54, 1.807) is 7.11 Å². The number of ether oxygens (including phenoxy) is 1. The van der Waals surface area contributed by atoms with Crippen LogP contribution in [0.5, 0.6) is 5.75 Å². The van der Waals surface area contributed by atoms with Gasteiger partial charge in [-0.05, 0) is 30.5 Å². The van der Waals surface area contributed by atoms with Crippen LogP contribution in [-0.4, -0.2) is 17.1 Å². The third-order valence-corrected chi connectivity index (χ3v) is 3.70. The van der Waals surface area contributed by atoms with E-state index >= 15 is 0 Å². The fourth-order valence-electron chi connectivity index (χ4n) is 2.26. The average Bonchev–Trinajstić information content (AvgIpc) is 3.35. The number of nitrogens with two attached hydrogens (primary N) is 2. The molecule has 0 unspecified atom stereocenters. The summed E-state index contributed by atoms with van der Waals surface area (Å²) < 4.78 is 5.12. The van der Waals surface area contributed by atoms with E-state index in [9.17, 15) is 4.79 Å². The molecule has 7 heteroatoms. The molecule has 0 saturated heterocycles. The summed E-state index contributed by atoms with van der Waals surface area (Å²) in [5, 5.41) is 1.40. The molecule has 1 aliphatic carbocycles. The van der Waals surface area contributed by atoms with Crippen molar-refractivity contribution < 1.29 is 4.74 Å². The van der Waals surface area contributed by atoms with Gasteiger partial charge >= 0.3 is 0 Å². The quantitative estimate of drug-likeness (QED) is 0.564. The van der Waals surface area contributed by atoms with Gasteiger partial charge in [0.2, 0.25) is 0 Å². The summed E-state index contributed by atoms with van der Waals surface area (Å²) in [5.74, 6) is 8.15. The Labute approximate surface area is 127 Å². The zero-order chi connectivity index (χ0) is 15.7. The SMILES string of the molecule is COc1ccc(CN(N)c2nc(C3CC3)[nH]c(=O)c2N)cc1. The van der Waals surface area contributed by atoms with E-state index in [0.29, 0.717) is 24.1 Å². The maximum absolute atomic E-state index is 11.9. The molecule has 1 saturated carbocycles. The highest BCUT2D eigenvalue weighted by molar-refractivity contribution is 5.60. The molecular weight excluding hydrogens is 282 g/mol. The monoisotopic (exact) mass is 301 g/mol. The van der Waals surface area contributed by atoms with Gasteiger partial charge in [0.15, 0.2) is 5.82 Å². The van der Waals surface area contributed by atoms with Gasteiger partial charge in [-0.2, -0.15) is 0 Å². The zero-order valence-corrected chi connectivity index (χ0v) is 12.4. The highest BCUT2D eigenvalue weighted by atomic mass is 16.5. The number of nitrogens with one attached hydrogen (secondary N) is 1. The molecule has 1 aromatic heterocycles. The molecule has 2 aromatic rings. The Hall–Kier alpha value is -2.54. The van der Waals surface area contributed by atoms with E-state index in [0.717, 1.165) is 24.2 Å². The topological polar surface area (TPSA) is 110 Å². The Morgan fingerprint density at radius 3 is 2.64 bits per heavy atom. The Morgan fingerprint density at radius 2 is 2.05 bits per heavy atom. The van der Waals surface area contributed by atoms with Crippen LogP contribution in [0.2, 0.25) is 0 Å². The maximum Gasteiger partial charge on any atom is 0.276 e. The molecule has 0 spiro atoms. The van der Waals surface area contributed by atoms with Gasteiger partial charge in [-0.1, -0.05) is 12.1 Å². The Balaban J connectivity index is 1.84. The summed E-state index contributed by atoms with van der Waals surface area (Å²) in [6.07, 6.45) is 2.07. The van der Waals surface area contributed by atoms with Gasteiger partial charge in [0.25, 0.3) is 5.56 Å². The third-order valence-electron chi connectivity index (χ3n) is 3.70. The molecule has 0 aliphatic heterocycles. The molecular formula is C15H19N5O2. The standard InChI is InChI=1S/C15H19N5O2/c1-22-11-6-2-9(3-7-11)8-20(17)14-12(16)15(21)19-13(18-14)10-4-5-10/h2-3,6-7,10H,4-5,8,16-17H2,1H3,(H,18,19,21). The van der Waals surface area contributed by atoms with Gasteiger partial charge < -0.3 is 15.5 Å². The predicted molar refractivity (Wildman–Crippen MR) is 84.6 cm³/mol. The normalized spacial score (nSPS) is 13.9. The first-order valence-electron chi connectivity index (χ1n) is 7.13. The van der Waals surface area contributed by atoms with Crippen LogP contribution in [0.15, 0.2) is 29.1 Å². The number of methoxy groups -OCH3 is 1. The highest BCUT2D eigenvalue weighted by Crippen LogP contribution is 2.38. The van der Waals surface area contributed by atoms with E-state index in [1.165, 1.54) is 5.01 Å². The molecule has 7 nitrogen and oxygen atoms in total. The molecule has 1 fully saturated rings. The highest BCUT2D eigenvalue weighted by Gasteiger charge is 2.28. The first-order valence-corrected chi connectivity index (χ1v) is 7.13. The lowest BCUT2D eigenvalue weighted by atomic mass is 10.2. The number of hydrogen-bond donors (Lipinski definition) is 3. The van der Waals surface area contributed by atoms with E-state index < -0.39 is 0 Å². The van der Waals surface area contributed by atoms with E-state index in [2.05, 4.69) is 9.97 Å². The second-order valence-electron chi connectivity index (χ2n) is 5.44. The first-order chi connectivity index (χ1) is 10.6. The lowest BCUT2D eigenvalue weighted by Gasteiger charge is -2.19. The van der Waals surface area contributed by atoms with Crippen LogP contribution in [0.3, 0.4) is 0 Å². The van der Waals surface area contributed by atoms with Crippen LogP contribution in [0.1, 0.15) is 30.1 Å². The number of H-pyrrole nitrogens is 1. The van der Waals surface area contributed by atoms with Crippen LogP contribution >= 0.6 is 0 Å². The second kappa shape index (κ2) is 5.69. The molecule has 0 bridgehead atoms. The van der Waals surface area contributed by atoms with Crippen LogP contribution in [0.25, 0.3) is 0 Å². The Kier molecular flexibility index (Phi) is 3.72. The summed E-state index contributed by atoms with van der Waals surface area (Å²) in [4.78, 5) is 19.1.